The molecule has 2 aliphatic rings. The van der Waals surface area contributed by atoms with Crippen LogP contribution in [0.5, 0.6) is 11.5 Å². The van der Waals surface area contributed by atoms with E-state index in [-0.39, 0.29) is 18.3 Å². The number of rotatable bonds is 6. The first-order valence-corrected chi connectivity index (χ1v) is 10.0. The van der Waals surface area contributed by atoms with Crippen molar-refractivity contribution in [3.05, 3.63) is 40.3 Å². The van der Waals surface area contributed by atoms with E-state index in [0.717, 1.165) is 24.0 Å². The lowest BCUT2D eigenvalue weighted by molar-refractivity contribution is -0.115. The summed E-state index contributed by atoms with van der Waals surface area (Å²) in [5.74, 6) is 1.22. The molecule has 27 heavy (non-hydrogen) atoms. The summed E-state index contributed by atoms with van der Waals surface area (Å²) in [7, 11) is 0. The molecule has 2 aromatic rings. The van der Waals surface area contributed by atoms with Crippen molar-refractivity contribution in [3.8, 4) is 11.5 Å². The van der Waals surface area contributed by atoms with Gasteiger partial charge in [0.05, 0.1) is 18.6 Å². The maximum atomic E-state index is 12.5. The van der Waals surface area contributed by atoms with Gasteiger partial charge in [-0.25, -0.2) is 4.79 Å². The van der Waals surface area contributed by atoms with Gasteiger partial charge in [0.1, 0.15) is 18.2 Å². The third-order valence-electron chi connectivity index (χ3n) is 4.54. The van der Waals surface area contributed by atoms with Crippen LogP contribution in [0.4, 0.5) is 5.00 Å². The number of amides is 1. The predicted octanol–water partition coefficient (Wildman–Crippen LogP) is 3.75. The second-order valence-electron chi connectivity index (χ2n) is 6.59. The fraction of sp³-hybridized carbons (Fsp3) is 0.400. The van der Waals surface area contributed by atoms with Gasteiger partial charge in [-0.05, 0) is 54.3 Å². The van der Waals surface area contributed by atoms with E-state index in [0.29, 0.717) is 47.8 Å². The Kier molecular flexibility index (Phi) is 5.03. The highest BCUT2D eigenvalue weighted by molar-refractivity contribution is 7.15. The van der Waals surface area contributed by atoms with E-state index in [1.807, 2.05) is 23.6 Å². The molecule has 1 aliphatic carbocycles. The van der Waals surface area contributed by atoms with Gasteiger partial charge < -0.3 is 19.5 Å². The van der Waals surface area contributed by atoms with Gasteiger partial charge in [0.15, 0.2) is 11.5 Å². The predicted molar refractivity (Wildman–Crippen MR) is 102 cm³/mol. The lowest BCUT2D eigenvalue weighted by atomic mass is 10.1. The highest BCUT2D eigenvalue weighted by Crippen LogP contribution is 2.46. The van der Waals surface area contributed by atoms with Crippen LogP contribution in [-0.4, -0.2) is 31.7 Å². The zero-order chi connectivity index (χ0) is 18.8. The van der Waals surface area contributed by atoms with Crippen molar-refractivity contribution < 1.29 is 23.8 Å². The highest BCUT2D eigenvalue weighted by Gasteiger charge is 2.32. The number of anilines is 1. The monoisotopic (exact) mass is 387 g/mol. The van der Waals surface area contributed by atoms with E-state index in [9.17, 15) is 9.59 Å². The SMILES string of the molecule is CCOC(=O)c1c(C2CC2)csc1NC(=O)Cc1ccc2c(c1)OCCO2. The number of fused-ring (bicyclic) bond motifs is 1. The van der Waals surface area contributed by atoms with E-state index < -0.39 is 0 Å². The van der Waals surface area contributed by atoms with Gasteiger partial charge in [-0.3, -0.25) is 4.79 Å². The number of hydrogen-bond donors (Lipinski definition) is 1. The highest BCUT2D eigenvalue weighted by atomic mass is 32.1. The zero-order valence-electron chi connectivity index (χ0n) is 15.1. The summed E-state index contributed by atoms with van der Waals surface area (Å²) < 4.78 is 16.3. The van der Waals surface area contributed by atoms with Crippen LogP contribution in [0.25, 0.3) is 0 Å². The lowest BCUT2D eigenvalue weighted by Gasteiger charge is -2.18. The van der Waals surface area contributed by atoms with Crippen LogP contribution < -0.4 is 14.8 Å². The molecule has 1 amide bonds. The summed E-state index contributed by atoms with van der Waals surface area (Å²) >= 11 is 1.38. The molecular formula is C20H21NO5S. The van der Waals surface area contributed by atoms with Gasteiger partial charge in [-0.15, -0.1) is 11.3 Å². The number of benzene rings is 1. The molecule has 4 rings (SSSR count). The Morgan fingerprint density at radius 2 is 2.00 bits per heavy atom. The largest absolute Gasteiger partial charge is 0.486 e. The minimum Gasteiger partial charge on any atom is -0.486 e. The van der Waals surface area contributed by atoms with Crippen molar-refractivity contribution in [2.45, 2.75) is 32.1 Å². The topological polar surface area (TPSA) is 73.9 Å². The molecule has 7 heteroatoms. The lowest BCUT2D eigenvalue weighted by Crippen LogP contribution is -2.18. The third kappa shape index (κ3) is 3.93. The summed E-state index contributed by atoms with van der Waals surface area (Å²) in [4.78, 5) is 24.9. The molecular weight excluding hydrogens is 366 g/mol. The summed E-state index contributed by atoms with van der Waals surface area (Å²) in [6, 6.07) is 5.49. The summed E-state index contributed by atoms with van der Waals surface area (Å²) in [6.45, 7) is 3.13. The number of carbonyl (C=O) groups excluding carboxylic acids is 2. The molecule has 1 aromatic heterocycles. The Bertz CT molecular complexity index is 871. The first-order valence-electron chi connectivity index (χ1n) is 9.12. The van der Waals surface area contributed by atoms with Crippen molar-refractivity contribution in [1.82, 2.24) is 0 Å². The smallest absolute Gasteiger partial charge is 0.341 e. The second kappa shape index (κ2) is 7.60. The third-order valence-corrected chi connectivity index (χ3v) is 5.45. The maximum absolute atomic E-state index is 12.5. The molecule has 0 radical (unpaired) electrons. The van der Waals surface area contributed by atoms with E-state index in [4.69, 9.17) is 14.2 Å². The summed E-state index contributed by atoms with van der Waals surface area (Å²) in [5.41, 5.74) is 2.33. The van der Waals surface area contributed by atoms with Gasteiger partial charge in [0.25, 0.3) is 0 Å². The average molecular weight is 387 g/mol. The molecule has 2 heterocycles. The molecule has 1 aromatic carbocycles. The minimum atomic E-state index is -0.365. The Hall–Kier alpha value is -2.54. The molecule has 1 saturated carbocycles. The van der Waals surface area contributed by atoms with Crippen molar-refractivity contribution in [1.29, 1.82) is 0 Å². The molecule has 1 fully saturated rings. The van der Waals surface area contributed by atoms with E-state index in [1.54, 1.807) is 6.92 Å². The van der Waals surface area contributed by atoms with Gasteiger partial charge in [-0.1, -0.05) is 6.07 Å². The number of hydrogen-bond acceptors (Lipinski definition) is 6. The standard InChI is InChI=1S/C20H21NO5S/c1-2-24-20(23)18-14(13-4-5-13)11-27-19(18)21-17(22)10-12-3-6-15-16(9-12)26-8-7-25-15/h3,6,9,11,13H,2,4-5,7-8,10H2,1H3,(H,21,22). The van der Waals surface area contributed by atoms with Gasteiger partial charge in [0, 0.05) is 0 Å². The van der Waals surface area contributed by atoms with Crippen molar-refractivity contribution in [3.63, 3.8) is 0 Å². The van der Waals surface area contributed by atoms with Gasteiger partial charge in [-0.2, -0.15) is 0 Å². The van der Waals surface area contributed by atoms with Gasteiger partial charge >= 0.3 is 5.97 Å². The van der Waals surface area contributed by atoms with E-state index in [2.05, 4.69) is 5.32 Å². The van der Waals surface area contributed by atoms with Crippen LogP contribution in [-0.2, 0) is 16.0 Å². The number of nitrogens with one attached hydrogen (secondary N) is 1. The summed E-state index contributed by atoms with van der Waals surface area (Å²) in [5, 5.41) is 5.42. The molecule has 0 atom stereocenters. The molecule has 0 spiro atoms. The van der Waals surface area contributed by atoms with Crippen LogP contribution in [0.2, 0.25) is 0 Å². The zero-order valence-corrected chi connectivity index (χ0v) is 15.9. The molecule has 1 aliphatic heterocycles. The van der Waals surface area contributed by atoms with Gasteiger partial charge in [0.2, 0.25) is 5.91 Å². The molecule has 0 unspecified atom stereocenters. The van der Waals surface area contributed by atoms with Crippen LogP contribution in [0.15, 0.2) is 23.6 Å². The molecule has 1 N–H and O–H groups in total. The quantitative estimate of drug-likeness (QED) is 0.764. The number of esters is 1. The average Bonchev–Trinajstić information content (AvgIpc) is 3.42. The normalized spacial score (nSPS) is 15.3. The number of ether oxygens (including phenoxy) is 3. The molecule has 0 bridgehead atoms. The van der Waals surface area contributed by atoms with Crippen molar-refractivity contribution in [2.24, 2.45) is 0 Å². The molecule has 6 nitrogen and oxygen atoms in total. The van der Waals surface area contributed by atoms with Crippen molar-refractivity contribution in [2.75, 3.05) is 25.1 Å². The minimum absolute atomic E-state index is 0.179. The Balaban J connectivity index is 1.49. The summed E-state index contributed by atoms with van der Waals surface area (Å²) in [6.07, 6.45) is 2.34. The first kappa shape index (κ1) is 17.9. The second-order valence-corrected chi connectivity index (χ2v) is 7.47. The Morgan fingerprint density at radius 3 is 2.74 bits per heavy atom. The fourth-order valence-corrected chi connectivity index (χ4v) is 4.17. The van der Waals surface area contributed by atoms with Crippen LogP contribution in [0, 0.1) is 0 Å². The van der Waals surface area contributed by atoms with Crippen LogP contribution >= 0.6 is 11.3 Å². The number of thiophene rings is 1. The van der Waals surface area contributed by atoms with Crippen LogP contribution in [0.3, 0.4) is 0 Å². The van der Waals surface area contributed by atoms with E-state index in [1.165, 1.54) is 11.3 Å². The number of carbonyl (C=O) groups is 2. The maximum Gasteiger partial charge on any atom is 0.341 e. The molecule has 142 valence electrons. The first-order chi connectivity index (χ1) is 13.2. The Labute approximate surface area is 161 Å². The fourth-order valence-electron chi connectivity index (χ4n) is 3.13. The Morgan fingerprint density at radius 1 is 1.22 bits per heavy atom. The van der Waals surface area contributed by atoms with E-state index >= 15 is 0 Å². The van der Waals surface area contributed by atoms with Crippen LogP contribution in [0.1, 0.15) is 47.2 Å². The molecule has 0 saturated heterocycles. The van der Waals surface area contributed by atoms with Crippen molar-refractivity contribution >= 4 is 28.2 Å².